The van der Waals surface area contributed by atoms with Crippen molar-refractivity contribution in [3.63, 3.8) is 0 Å². The zero-order valence-electron chi connectivity index (χ0n) is 18.6. The first kappa shape index (κ1) is 22.2. The van der Waals surface area contributed by atoms with E-state index in [2.05, 4.69) is 37.4 Å². The van der Waals surface area contributed by atoms with Crippen molar-refractivity contribution in [2.24, 2.45) is 11.8 Å². The van der Waals surface area contributed by atoms with E-state index in [9.17, 15) is 18.0 Å². The van der Waals surface area contributed by atoms with Gasteiger partial charge in [0.15, 0.2) is 5.69 Å². The molecule has 1 aliphatic carbocycles. The number of carbonyl (C=O) groups is 1. The van der Waals surface area contributed by atoms with Crippen molar-refractivity contribution in [3.8, 4) is 5.69 Å². The molecule has 5 heterocycles. The van der Waals surface area contributed by atoms with Gasteiger partial charge in [0.1, 0.15) is 5.69 Å². The molecule has 2 atom stereocenters. The van der Waals surface area contributed by atoms with Crippen LogP contribution in [0.1, 0.15) is 41.5 Å². The molecule has 3 aromatic heterocycles. The summed E-state index contributed by atoms with van der Waals surface area (Å²) in [6, 6.07) is 3.45. The molecule has 1 saturated carbocycles. The number of piperidine rings is 2. The summed E-state index contributed by atoms with van der Waals surface area (Å²) < 4.78 is 38.4. The zero-order chi connectivity index (χ0) is 24.0. The second-order valence-corrected chi connectivity index (χ2v) is 8.84. The minimum Gasteiger partial charge on any atom is -0.352 e. The van der Waals surface area contributed by atoms with Gasteiger partial charge in [-0.25, -0.2) is 15.0 Å². The number of alkyl halides is 3. The van der Waals surface area contributed by atoms with Crippen molar-refractivity contribution in [1.29, 1.82) is 0 Å². The largest absolute Gasteiger partial charge is 0.419 e. The number of anilines is 1. The fourth-order valence-corrected chi connectivity index (χ4v) is 4.82. The number of aryl methyl sites for hydroxylation is 1. The molecular formula is C22H23F3N8O. The van der Waals surface area contributed by atoms with Gasteiger partial charge >= 0.3 is 6.18 Å². The molecule has 3 aliphatic rings. The van der Waals surface area contributed by atoms with E-state index in [1.807, 2.05) is 11.8 Å². The van der Waals surface area contributed by atoms with E-state index in [0.717, 1.165) is 25.2 Å². The van der Waals surface area contributed by atoms with Crippen LogP contribution in [0.5, 0.6) is 0 Å². The van der Waals surface area contributed by atoms with Gasteiger partial charge in [0.05, 0.1) is 24.0 Å². The predicted molar refractivity (Wildman–Crippen MR) is 115 cm³/mol. The molecule has 9 nitrogen and oxygen atoms in total. The lowest BCUT2D eigenvalue weighted by molar-refractivity contribution is -0.138. The molecule has 12 heteroatoms. The Hall–Kier alpha value is -3.57. The van der Waals surface area contributed by atoms with Crippen molar-refractivity contribution in [1.82, 2.24) is 34.8 Å². The highest BCUT2D eigenvalue weighted by Crippen LogP contribution is 2.47. The van der Waals surface area contributed by atoms with Gasteiger partial charge in [-0.3, -0.25) is 4.79 Å². The quantitative estimate of drug-likeness (QED) is 0.609. The average Bonchev–Trinajstić information content (AvgIpc) is 3.31. The summed E-state index contributed by atoms with van der Waals surface area (Å²) in [6.45, 7) is 4.22. The number of rotatable bonds is 5. The fourth-order valence-electron chi connectivity index (χ4n) is 4.82. The summed E-state index contributed by atoms with van der Waals surface area (Å²) in [5.41, 5.74) is 0.549. The van der Waals surface area contributed by atoms with E-state index in [1.165, 1.54) is 17.2 Å². The molecule has 0 radical (unpaired) electrons. The molecule has 2 saturated heterocycles. The van der Waals surface area contributed by atoms with E-state index in [-0.39, 0.29) is 35.6 Å². The van der Waals surface area contributed by atoms with E-state index in [1.54, 1.807) is 12.1 Å². The molecule has 3 fully saturated rings. The minimum atomic E-state index is -4.50. The molecule has 1 amide bonds. The molecule has 34 heavy (non-hydrogen) atoms. The molecule has 178 valence electrons. The molecule has 2 aliphatic heterocycles. The van der Waals surface area contributed by atoms with Crippen molar-refractivity contribution in [2.45, 2.75) is 44.9 Å². The van der Waals surface area contributed by atoms with E-state index in [4.69, 9.17) is 0 Å². The Labute approximate surface area is 193 Å². The maximum atomic E-state index is 13.8. The minimum absolute atomic E-state index is 0.0785. The van der Waals surface area contributed by atoms with E-state index < -0.39 is 11.7 Å². The number of hydrogen-bond acceptors (Lipinski definition) is 7. The van der Waals surface area contributed by atoms with Gasteiger partial charge in [-0.2, -0.15) is 23.4 Å². The Morgan fingerprint density at radius 1 is 1.15 bits per heavy atom. The topological polar surface area (TPSA) is 102 Å². The molecule has 0 unspecified atom stereocenters. The maximum absolute atomic E-state index is 13.8. The third-order valence-corrected chi connectivity index (χ3v) is 6.78. The second kappa shape index (κ2) is 8.33. The predicted octanol–water partition coefficient (Wildman–Crippen LogP) is 3.13. The first-order valence-corrected chi connectivity index (χ1v) is 11.0. The number of amides is 1. The van der Waals surface area contributed by atoms with Gasteiger partial charge in [-0.15, -0.1) is 4.80 Å². The van der Waals surface area contributed by atoms with Crippen LogP contribution in [0.15, 0.2) is 36.9 Å². The Kier molecular flexibility index (Phi) is 5.45. The van der Waals surface area contributed by atoms with Crippen LogP contribution in [0.25, 0.3) is 5.69 Å². The first-order chi connectivity index (χ1) is 16.2. The highest BCUT2D eigenvalue weighted by atomic mass is 19.4. The number of nitrogens with zero attached hydrogens (tertiary/aromatic N) is 7. The monoisotopic (exact) mass is 472 g/mol. The molecule has 3 aromatic rings. The number of nitrogens with one attached hydrogen (secondary N) is 1. The number of fused-ring (bicyclic) bond motifs is 2. The fraction of sp³-hybridized carbons (Fsp3) is 0.455. The third-order valence-electron chi connectivity index (χ3n) is 6.78. The zero-order valence-corrected chi connectivity index (χ0v) is 18.6. The van der Waals surface area contributed by atoms with Gasteiger partial charge in [0.2, 0.25) is 5.95 Å². The summed E-state index contributed by atoms with van der Waals surface area (Å²) in [4.78, 5) is 29.2. The van der Waals surface area contributed by atoms with Crippen LogP contribution >= 0.6 is 0 Å². The maximum Gasteiger partial charge on any atom is 0.419 e. The lowest BCUT2D eigenvalue weighted by Crippen LogP contribution is -2.64. The van der Waals surface area contributed by atoms with Crippen LogP contribution in [0.3, 0.4) is 0 Å². The van der Waals surface area contributed by atoms with Crippen molar-refractivity contribution in [2.75, 3.05) is 11.9 Å². The lowest BCUT2D eigenvalue weighted by Gasteiger charge is -2.57. The SMILES string of the molecule is Cc1ccc(-n2nccn2)c(C(=O)N2C3CC(C3)[C@H](C)[C@@H]2CNc2ncc(C(F)(F)F)cn2)n1. The van der Waals surface area contributed by atoms with Gasteiger partial charge in [-0.1, -0.05) is 6.92 Å². The molecular weight excluding hydrogens is 449 g/mol. The van der Waals surface area contributed by atoms with E-state index in [0.29, 0.717) is 23.8 Å². The summed E-state index contributed by atoms with van der Waals surface area (Å²) >= 11 is 0. The first-order valence-electron chi connectivity index (χ1n) is 11.0. The van der Waals surface area contributed by atoms with Crippen LogP contribution in [0, 0.1) is 18.8 Å². The van der Waals surface area contributed by atoms with Gasteiger partial charge in [-0.05, 0) is 43.7 Å². The number of aromatic nitrogens is 6. The summed E-state index contributed by atoms with van der Waals surface area (Å²) in [5.74, 6) is 0.548. The number of halogens is 3. The van der Waals surface area contributed by atoms with Crippen LogP contribution < -0.4 is 5.32 Å². The normalized spacial score (nSPS) is 24.0. The van der Waals surface area contributed by atoms with Gasteiger partial charge in [0, 0.05) is 30.7 Å². The van der Waals surface area contributed by atoms with Crippen molar-refractivity contribution >= 4 is 11.9 Å². The smallest absolute Gasteiger partial charge is 0.352 e. The molecule has 2 bridgehead atoms. The Balaban J connectivity index is 1.40. The summed E-state index contributed by atoms with van der Waals surface area (Å²) in [5, 5.41) is 11.3. The Bertz CT molecular complexity index is 1180. The lowest BCUT2D eigenvalue weighted by atomic mass is 9.64. The van der Waals surface area contributed by atoms with Crippen LogP contribution in [0.4, 0.5) is 19.1 Å². The summed E-state index contributed by atoms with van der Waals surface area (Å²) in [6.07, 6.45) is 1.90. The van der Waals surface area contributed by atoms with Gasteiger partial charge in [0.25, 0.3) is 5.91 Å². The third kappa shape index (κ3) is 3.97. The van der Waals surface area contributed by atoms with Gasteiger partial charge < -0.3 is 10.2 Å². The highest BCUT2D eigenvalue weighted by Gasteiger charge is 2.51. The summed E-state index contributed by atoms with van der Waals surface area (Å²) in [7, 11) is 0. The Morgan fingerprint density at radius 3 is 2.47 bits per heavy atom. The van der Waals surface area contributed by atoms with E-state index >= 15 is 0 Å². The highest BCUT2D eigenvalue weighted by molar-refractivity contribution is 5.96. The molecule has 0 aromatic carbocycles. The number of hydrogen-bond donors (Lipinski definition) is 1. The molecule has 6 rings (SSSR count). The second-order valence-electron chi connectivity index (χ2n) is 8.84. The van der Waals surface area contributed by atoms with Crippen molar-refractivity contribution in [3.05, 3.63) is 53.9 Å². The van der Waals surface area contributed by atoms with Crippen molar-refractivity contribution < 1.29 is 18.0 Å². The number of pyridine rings is 1. The number of carbonyl (C=O) groups excluding carboxylic acids is 1. The van der Waals surface area contributed by atoms with Crippen LogP contribution in [-0.2, 0) is 6.18 Å². The standard InChI is InChI=1S/C22H23F3N8O/c1-12-3-4-17(33-29-5-6-30-33)19(31-12)20(34)32-16-7-14(8-16)13(2)18(32)11-28-21-26-9-15(10-27-21)22(23,24)25/h3-6,9-10,13-14,16,18H,7-8,11H2,1-2H3,(H,26,27,28)/t13-,14?,16?,18-/m0/s1. The molecule has 1 N–H and O–H groups in total. The van der Waals surface area contributed by atoms with Crippen LogP contribution in [-0.4, -0.2) is 59.4 Å². The molecule has 0 spiro atoms. The Morgan fingerprint density at radius 2 is 1.82 bits per heavy atom. The van der Waals surface area contributed by atoms with Crippen LogP contribution in [0.2, 0.25) is 0 Å². The average molecular weight is 472 g/mol.